The van der Waals surface area contributed by atoms with Gasteiger partial charge in [0, 0.05) is 37.1 Å². The SMILES string of the molecule is C=CC(=O)N1CCC[C@@H](Nc2nnc(C(N)=O)c(Nc3ccc(N4CCOCC4=O)cc3)n2)C1. The van der Waals surface area contributed by atoms with Crippen molar-refractivity contribution in [3.05, 3.63) is 42.6 Å². The van der Waals surface area contributed by atoms with Crippen molar-refractivity contribution in [2.45, 2.75) is 18.9 Å². The van der Waals surface area contributed by atoms with E-state index in [4.69, 9.17) is 10.5 Å². The molecule has 0 unspecified atom stereocenters. The summed E-state index contributed by atoms with van der Waals surface area (Å²) < 4.78 is 5.16. The summed E-state index contributed by atoms with van der Waals surface area (Å²) in [5.74, 6) is -0.644. The average molecular weight is 467 g/mol. The van der Waals surface area contributed by atoms with Gasteiger partial charge in [-0.15, -0.1) is 10.2 Å². The van der Waals surface area contributed by atoms with Crippen LogP contribution < -0.4 is 21.3 Å². The predicted molar refractivity (Wildman–Crippen MR) is 125 cm³/mol. The zero-order valence-corrected chi connectivity index (χ0v) is 18.6. The van der Waals surface area contributed by atoms with Gasteiger partial charge in [-0.1, -0.05) is 6.58 Å². The number of ether oxygens (including phenoxy) is 1. The van der Waals surface area contributed by atoms with E-state index in [9.17, 15) is 14.4 Å². The van der Waals surface area contributed by atoms with Crippen LogP contribution in [0.15, 0.2) is 36.9 Å². The molecule has 0 bridgehead atoms. The molecule has 12 heteroatoms. The van der Waals surface area contributed by atoms with Gasteiger partial charge in [0.2, 0.25) is 11.9 Å². The molecule has 0 spiro atoms. The standard InChI is InChI=1S/C22H26N8O4/c1-2-17(31)29-9-3-4-15(12-29)25-22-26-21(19(20(23)33)27-28-22)24-14-5-7-16(8-6-14)30-10-11-34-13-18(30)32/h2,5-8,15H,1,3-4,9-13H2,(H2,23,33)(H2,24,25,26,28)/t15-/m1/s1. The van der Waals surface area contributed by atoms with Crippen LogP contribution in [0.3, 0.4) is 0 Å². The van der Waals surface area contributed by atoms with Crippen LogP contribution in [-0.2, 0) is 14.3 Å². The molecule has 2 saturated heterocycles. The van der Waals surface area contributed by atoms with Gasteiger partial charge in [-0.2, -0.15) is 4.98 Å². The molecule has 2 fully saturated rings. The Morgan fingerprint density at radius 2 is 2.00 bits per heavy atom. The fraction of sp³-hybridized carbons (Fsp3) is 0.364. The number of primary amides is 1. The van der Waals surface area contributed by atoms with E-state index in [1.807, 2.05) is 0 Å². The molecule has 178 valence electrons. The first kappa shape index (κ1) is 23.1. The molecule has 34 heavy (non-hydrogen) atoms. The molecule has 2 aromatic rings. The molecule has 12 nitrogen and oxygen atoms in total. The molecule has 4 N–H and O–H groups in total. The third-order valence-corrected chi connectivity index (χ3v) is 5.59. The number of amides is 3. The number of carbonyl (C=O) groups is 3. The minimum absolute atomic E-state index is 0.0604. The molecule has 0 radical (unpaired) electrons. The van der Waals surface area contributed by atoms with Crippen molar-refractivity contribution in [2.24, 2.45) is 5.73 Å². The highest BCUT2D eigenvalue weighted by molar-refractivity contribution is 5.96. The topological polar surface area (TPSA) is 156 Å². The summed E-state index contributed by atoms with van der Waals surface area (Å²) in [5.41, 5.74) is 6.72. The maximum Gasteiger partial charge on any atom is 0.273 e. The third kappa shape index (κ3) is 5.29. The smallest absolute Gasteiger partial charge is 0.273 e. The molecule has 0 aliphatic carbocycles. The van der Waals surface area contributed by atoms with Gasteiger partial charge in [0.25, 0.3) is 11.8 Å². The highest BCUT2D eigenvalue weighted by atomic mass is 16.5. The molecule has 1 aromatic heterocycles. The van der Waals surface area contributed by atoms with Crippen molar-refractivity contribution in [1.82, 2.24) is 20.1 Å². The quantitative estimate of drug-likeness (QED) is 0.499. The van der Waals surface area contributed by atoms with Crippen molar-refractivity contribution < 1.29 is 19.1 Å². The first-order valence-corrected chi connectivity index (χ1v) is 10.9. The average Bonchev–Trinajstić information content (AvgIpc) is 2.84. The Morgan fingerprint density at radius 3 is 2.71 bits per heavy atom. The fourth-order valence-corrected chi connectivity index (χ4v) is 3.90. The molecule has 2 aliphatic heterocycles. The van der Waals surface area contributed by atoms with E-state index >= 15 is 0 Å². The first-order chi connectivity index (χ1) is 16.4. The fourth-order valence-electron chi connectivity index (χ4n) is 3.90. The monoisotopic (exact) mass is 466 g/mol. The van der Waals surface area contributed by atoms with Gasteiger partial charge < -0.3 is 30.9 Å². The number of benzene rings is 1. The highest BCUT2D eigenvalue weighted by Gasteiger charge is 2.24. The van der Waals surface area contributed by atoms with Crippen LogP contribution >= 0.6 is 0 Å². The number of hydrogen-bond donors (Lipinski definition) is 3. The number of likely N-dealkylation sites (tertiary alicyclic amines) is 1. The second kappa shape index (κ2) is 10.3. The summed E-state index contributed by atoms with van der Waals surface area (Å²) in [6, 6.07) is 7.03. The molecule has 1 aromatic carbocycles. The normalized spacial score (nSPS) is 18.4. The number of piperidine rings is 1. The summed E-state index contributed by atoms with van der Waals surface area (Å²) >= 11 is 0. The van der Waals surface area contributed by atoms with Gasteiger partial charge in [0.1, 0.15) is 6.61 Å². The number of nitrogens with one attached hydrogen (secondary N) is 2. The van der Waals surface area contributed by atoms with Crippen molar-refractivity contribution in [3.8, 4) is 0 Å². The van der Waals surface area contributed by atoms with Crippen LogP contribution in [0.2, 0.25) is 0 Å². The van der Waals surface area contributed by atoms with Gasteiger partial charge in [-0.3, -0.25) is 14.4 Å². The number of morpholine rings is 1. The predicted octanol–water partition coefficient (Wildman–Crippen LogP) is 0.666. The Morgan fingerprint density at radius 1 is 1.21 bits per heavy atom. The van der Waals surface area contributed by atoms with E-state index < -0.39 is 5.91 Å². The molecular formula is C22H26N8O4. The maximum absolute atomic E-state index is 12.0. The number of aromatic nitrogens is 3. The summed E-state index contributed by atoms with van der Waals surface area (Å²) in [4.78, 5) is 43.6. The number of carbonyl (C=O) groups excluding carboxylic acids is 3. The largest absolute Gasteiger partial charge is 0.370 e. The van der Waals surface area contributed by atoms with Gasteiger partial charge in [-0.25, -0.2) is 0 Å². The zero-order chi connectivity index (χ0) is 24.1. The second-order valence-electron chi connectivity index (χ2n) is 7.94. The Kier molecular flexibility index (Phi) is 6.97. The van der Waals surface area contributed by atoms with Crippen molar-refractivity contribution in [3.63, 3.8) is 0 Å². The molecule has 2 aliphatic rings. The van der Waals surface area contributed by atoms with E-state index in [-0.39, 0.29) is 41.9 Å². The Bertz CT molecular complexity index is 1090. The summed E-state index contributed by atoms with van der Waals surface area (Å²) in [7, 11) is 0. The summed E-state index contributed by atoms with van der Waals surface area (Å²) in [5, 5.41) is 14.1. The van der Waals surface area contributed by atoms with E-state index in [1.165, 1.54) is 6.08 Å². The summed E-state index contributed by atoms with van der Waals surface area (Å²) in [6.07, 6.45) is 2.95. The van der Waals surface area contributed by atoms with Gasteiger partial charge in [-0.05, 0) is 43.2 Å². The number of hydrogen-bond acceptors (Lipinski definition) is 9. The highest BCUT2D eigenvalue weighted by Crippen LogP contribution is 2.23. The molecule has 3 amide bonds. The van der Waals surface area contributed by atoms with Crippen LogP contribution in [-0.4, -0.2) is 76.7 Å². The number of rotatable bonds is 7. The molecule has 3 heterocycles. The maximum atomic E-state index is 12.0. The van der Waals surface area contributed by atoms with Crippen LogP contribution in [0, 0.1) is 0 Å². The number of nitrogens with zero attached hydrogens (tertiary/aromatic N) is 5. The Balaban J connectivity index is 1.49. The lowest BCUT2D eigenvalue weighted by Crippen LogP contribution is -2.44. The van der Waals surface area contributed by atoms with Gasteiger partial charge in [0.15, 0.2) is 11.5 Å². The Labute approximate surface area is 196 Å². The van der Waals surface area contributed by atoms with Crippen LogP contribution in [0.4, 0.5) is 23.1 Å². The molecule has 0 saturated carbocycles. The van der Waals surface area contributed by atoms with Crippen molar-refractivity contribution in [1.29, 1.82) is 0 Å². The lowest BCUT2D eigenvalue weighted by Gasteiger charge is -2.32. The Hall–Kier alpha value is -4.06. The molecular weight excluding hydrogens is 440 g/mol. The van der Waals surface area contributed by atoms with E-state index in [0.717, 1.165) is 18.5 Å². The van der Waals surface area contributed by atoms with Crippen LogP contribution in [0.25, 0.3) is 0 Å². The van der Waals surface area contributed by atoms with Crippen LogP contribution in [0.5, 0.6) is 0 Å². The van der Waals surface area contributed by atoms with Crippen LogP contribution in [0.1, 0.15) is 23.3 Å². The van der Waals surface area contributed by atoms with Gasteiger partial charge >= 0.3 is 0 Å². The third-order valence-electron chi connectivity index (χ3n) is 5.59. The minimum atomic E-state index is -0.773. The molecule has 1 atom stereocenters. The molecule has 4 rings (SSSR count). The van der Waals surface area contributed by atoms with E-state index in [2.05, 4.69) is 32.4 Å². The van der Waals surface area contributed by atoms with E-state index in [1.54, 1.807) is 34.1 Å². The van der Waals surface area contributed by atoms with Gasteiger partial charge in [0.05, 0.1) is 6.61 Å². The number of nitrogens with two attached hydrogens (primary N) is 1. The minimum Gasteiger partial charge on any atom is -0.370 e. The van der Waals surface area contributed by atoms with E-state index in [0.29, 0.717) is 31.9 Å². The zero-order valence-electron chi connectivity index (χ0n) is 18.6. The lowest BCUT2D eigenvalue weighted by molar-refractivity contribution is -0.127. The van der Waals surface area contributed by atoms with Crippen molar-refractivity contribution in [2.75, 3.05) is 48.4 Å². The first-order valence-electron chi connectivity index (χ1n) is 10.9. The second-order valence-corrected chi connectivity index (χ2v) is 7.94. The summed E-state index contributed by atoms with van der Waals surface area (Å²) in [6.45, 7) is 5.71. The lowest BCUT2D eigenvalue weighted by atomic mass is 10.1. The number of anilines is 4. The van der Waals surface area contributed by atoms with Crippen molar-refractivity contribution >= 4 is 40.9 Å².